The van der Waals surface area contributed by atoms with Crippen LogP contribution in [-0.4, -0.2) is 40.4 Å². The molecule has 1 aromatic heterocycles. The minimum absolute atomic E-state index is 0.258. The van der Waals surface area contributed by atoms with Crippen molar-refractivity contribution >= 4 is 6.09 Å². The molecule has 0 aliphatic carbocycles. The normalized spacial score (nSPS) is 15.4. The number of carbonyl (C=O) groups excluding carboxylic acids is 1. The molecule has 0 radical (unpaired) electrons. The van der Waals surface area contributed by atoms with Crippen LogP contribution in [-0.2, 0) is 23.3 Å². The van der Waals surface area contributed by atoms with E-state index < -0.39 is 5.54 Å². The predicted octanol–water partition coefficient (Wildman–Crippen LogP) is 2.71. The Bertz CT molecular complexity index is 742. The van der Waals surface area contributed by atoms with E-state index in [2.05, 4.69) is 16.9 Å². The molecule has 0 spiro atoms. The van der Waals surface area contributed by atoms with E-state index >= 15 is 0 Å². The van der Waals surface area contributed by atoms with Gasteiger partial charge in [0.1, 0.15) is 6.61 Å². The number of likely N-dealkylation sites (tertiary alicyclic amines) is 1. The maximum atomic E-state index is 12.2. The molecule has 124 valence electrons. The number of aryl methyl sites for hydroxylation is 1. The molecule has 3 rings (SSSR count). The van der Waals surface area contributed by atoms with Crippen molar-refractivity contribution in [1.82, 2.24) is 14.7 Å². The Labute approximate surface area is 141 Å². The molecule has 2 aromatic rings. The van der Waals surface area contributed by atoms with Crippen molar-refractivity contribution in [1.29, 1.82) is 0 Å². The van der Waals surface area contributed by atoms with Crippen LogP contribution in [0.5, 0.6) is 0 Å². The van der Waals surface area contributed by atoms with Crippen LogP contribution in [0.15, 0.2) is 42.7 Å². The Morgan fingerprint density at radius 1 is 1.33 bits per heavy atom. The van der Waals surface area contributed by atoms with Crippen LogP contribution in [0.4, 0.5) is 4.79 Å². The largest absolute Gasteiger partial charge is 0.445 e. The van der Waals surface area contributed by atoms with E-state index in [1.54, 1.807) is 4.90 Å². The van der Waals surface area contributed by atoms with Gasteiger partial charge in [0.15, 0.2) is 5.54 Å². The van der Waals surface area contributed by atoms with Gasteiger partial charge in [-0.15, -0.1) is 0 Å². The van der Waals surface area contributed by atoms with Crippen molar-refractivity contribution < 1.29 is 9.53 Å². The minimum atomic E-state index is -0.430. The van der Waals surface area contributed by atoms with Crippen molar-refractivity contribution in [3.63, 3.8) is 0 Å². The molecule has 1 saturated heterocycles. The van der Waals surface area contributed by atoms with E-state index in [9.17, 15) is 4.79 Å². The van der Waals surface area contributed by atoms with Crippen LogP contribution in [0.2, 0.25) is 0 Å². The lowest BCUT2D eigenvalue weighted by Crippen LogP contribution is -2.65. The van der Waals surface area contributed by atoms with Gasteiger partial charge < -0.3 is 14.5 Å². The first-order valence-corrected chi connectivity index (χ1v) is 8.00. The maximum Gasteiger partial charge on any atom is 0.410 e. The summed E-state index contributed by atoms with van der Waals surface area (Å²) >= 11 is 0. The third kappa shape index (κ3) is 3.11. The van der Waals surface area contributed by atoms with Gasteiger partial charge in [-0.05, 0) is 17.5 Å². The number of carbonyl (C=O) groups is 1. The highest BCUT2D eigenvalue weighted by molar-refractivity contribution is 5.69. The number of hydrogen-bond acceptors (Lipinski definition) is 3. The van der Waals surface area contributed by atoms with Crippen molar-refractivity contribution in [2.24, 2.45) is 0 Å². The van der Waals surface area contributed by atoms with Crippen LogP contribution >= 0.6 is 0 Å². The summed E-state index contributed by atoms with van der Waals surface area (Å²) in [5.74, 6) is 0. The summed E-state index contributed by atoms with van der Waals surface area (Å²) in [5.41, 5.74) is 1.66. The monoisotopic (exact) mass is 324 g/mol. The predicted molar refractivity (Wildman–Crippen MR) is 89.2 cm³/mol. The molecule has 0 saturated carbocycles. The lowest BCUT2D eigenvalue weighted by molar-refractivity contribution is 0.00366. The zero-order chi connectivity index (χ0) is 17.0. The third-order valence-electron chi connectivity index (χ3n) is 4.34. The Balaban J connectivity index is 1.60. The topological polar surface area (TPSA) is 51.7 Å². The highest BCUT2D eigenvalue weighted by atomic mass is 16.6. The van der Waals surface area contributed by atoms with E-state index in [-0.39, 0.29) is 12.7 Å². The van der Waals surface area contributed by atoms with Gasteiger partial charge in [0.2, 0.25) is 6.54 Å². The van der Waals surface area contributed by atoms with Crippen molar-refractivity contribution in [2.45, 2.75) is 25.5 Å². The average Bonchev–Trinajstić information content (AvgIpc) is 3.06. The van der Waals surface area contributed by atoms with E-state index in [0.717, 1.165) is 17.5 Å². The van der Waals surface area contributed by atoms with Crippen LogP contribution in [0, 0.1) is 6.57 Å². The molecule has 0 N–H and O–H groups in total. The molecular formula is C18H20N4O2. The summed E-state index contributed by atoms with van der Waals surface area (Å²) in [6.45, 7) is 10.7. The Morgan fingerprint density at radius 3 is 2.71 bits per heavy atom. The second-order valence-corrected chi connectivity index (χ2v) is 6.08. The molecule has 1 aliphatic rings. The maximum absolute atomic E-state index is 12.2. The van der Waals surface area contributed by atoms with Crippen LogP contribution in [0.3, 0.4) is 0 Å². The lowest BCUT2D eigenvalue weighted by Gasteiger charge is -2.45. The van der Waals surface area contributed by atoms with Gasteiger partial charge in [-0.2, -0.15) is 5.10 Å². The Hall–Kier alpha value is -2.81. The van der Waals surface area contributed by atoms with Crippen molar-refractivity contribution in [3.8, 4) is 0 Å². The van der Waals surface area contributed by atoms with Gasteiger partial charge in [0, 0.05) is 6.20 Å². The number of ether oxygens (including phenoxy) is 1. The van der Waals surface area contributed by atoms with Gasteiger partial charge in [0.25, 0.3) is 0 Å². The summed E-state index contributed by atoms with van der Waals surface area (Å²) in [6.07, 6.45) is 4.35. The number of rotatable bonds is 5. The Kier molecular flexibility index (Phi) is 4.52. The van der Waals surface area contributed by atoms with E-state index in [4.69, 9.17) is 11.3 Å². The third-order valence-corrected chi connectivity index (χ3v) is 4.34. The highest BCUT2D eigenvalue weighted by Gasteiger charge is 2.51. The number of amides is 1. The standard InChI is InChI=1S/C18H20N4O2/c1-3-15-9-20-22(10-15)18(12-19-2)13-21(14-18)17(23)24-11-16-7-5-4-6-8-16/h4-10H,3,11-14H2,1H3. The molecular weight excluding hydrogens is 304 g/mol. The number of benzene rings is 1. The highest BCUT2D eigenvalue weighted by Crippen LogP contribution is 2.30. The first-order chi connectivity index (χ1) is 11.7. The molecule has 1 aliphatic heterocycles. The SMILES string of the molecule is [C-]#[N+]CC1(n2cc(CC)cn2)CN(C(=O)OCc2ccccc2)C1. The molecule has 0 atom stereocenters. The molecule has 1 aromatic carbocycles. The first kappa shape index (κ1) is 16.1. The first-order valence-electron chi connectivity index (χ1n) is 8.00. The minimum Gasteiger partial charge on any atom is -0.445 e. The van der Waals surface area contributed by atoms with Gasteiger partial charge in [-0.3, -0.25) is 4.68 Å². The average molecular weight is 324 g/mol. The number of nitrogens with zero attached hydrogens (tertiary/aromatic N) is 4. The molecule has 0 unspecified atom stereocenters. The van der Waals surface area contributed by atoms with Crippen molar-refractivity contribution in [3.05, 3.63) is 65.3 Å². The zero-order valence-electron chi connectivity index (χ0n) is 13.7. The molecule has 1 amide bonds. The number of aromatic nitrogens is 2. The molecule has 2 heterocycles. The van der Waals surface area contributed by atoms with Gasteiger partial charge in [0.05, 0.1) is 19.3 Å². The Morgan fingerprint density at radius 2 is 2.08 bits per heavy atom. The summed E-state index contributed by atoms with van der Waals surface area (Å²) in [7, 11) is 0. The quantitative estimate of drug-likeness (QED) is 0.795. The van der Waals surface area contributed by atoms with Crippen molar-refractivity contribution in [2.75, 3.05) is 19.6 Å². The van der Waals surface area contributed by atoms with Crippen LogP contribution in [0.25, 0.3) is 4.85 Å². The van der Waals surface area contributed by atoms with E-state index in [0.29, 0.717) is 19.6 Å². The second-order valence-electron chi connectivity index (χ2n) is 6.08. The van der Waals surface area contributed by atoms with E-state index in [1.807, 2.05) is 47.4 Å². The fraction of sp³-hybridized carbons (Fsp3) is 0.389. The summed E-state index contributed by atoms with van der Waals surface area (Å²) in [5, 5.41) is 4.38. The fourth-order valence-electron chi connectivity index (χ4n) is 2.87. The van der Waals surface area contributed by atoms with Crippen LogP contribution in [0.1, 0.15) is 18.1 Å². The molecule has 1 fully saturated rings. The summed E-state index contributed by atoms with van der Waals surface area (Å²) in [6, 6.07) is 9.59. The molecule has 24 heavy (non-hydrogen) atoms. The summed E-state index contributed by atoms with van der Waals surface area (Å²) in [4.78, 5) is 17.3. The zero-order valence-corrected chi connectivity index (χ0v) is 13.7. The summed E-state index contributed by atoms with van der Waals surface area (Å²) < 4.78 is 7.18. The lowest BCUT2D eigenvalue weighted by atomic mass is 9.90. The number of hydrogen-bond donors (Lipinski definition) is 0. The van der Waals surface area contributed by atoms with Crippen LogP contribution < -0.4 is 0 Å². The second kappa shape index (κ2) is 6.75. The van der Waals surface area contributed by atoms with Gasteiger partial charge in [-0.25, -0.2) is 11.4 Å². The smallest absolute Gasteiger partial charge is 0.410 e. The fourth-order valence-corrected chi connectivity index (χ4v) is 2.87. The molecule has 0 bridgehead atoms. The molecule has 6 nitrogen and oxygen atoms in total. The van der Waals surface area contributed by atoms with E-state index in [1.165, 1.54) is 0 Å². The van der Waals surface area contributed by atoms with Gasteiger partial charge >= 0.3 is 6.09 Å². The van der Waals surface area contributed by atoms with Gasteiger partial charge in [-0.1, -0.05) is 37.3 Å². The molecule has 6 heteroatoms.